The Bertz CT molecular complexity index is 717. The van der Waals surface area contributed by atoms with Gasteiger partial charge in [0.15, 0.2) is 0 Å². The lowest BCUT2D eigenvalue weighted by atomic mass is 9.88. The number of alkyl halides is 4. The van der Waals surface area contributed by atoms with Crippen LogP contribution in [0.1, 0.15) is 44.2 Å². The molecule has 0 spiro atoms. The summed E-state index contributed by atoms with van der Waals surface area (Å²) >= 11 is 3.56. The van der Waals surface area contributed by atoms with Crippen LogP contribution in [0.3, 0.4) is 0 Å². The second-order valence-corrected chi connectivity index (χ2v) is 8.72. The van der Waals surface area contributed by atoms with Gasteiger partial charge in [0.1, 0.15) is 5.60 Å². The molecule has 26 heavy (non-hydrogen) atoms. The lowest BCUT2D eigenvalue weighted by molar-refractivity contribution is -0.137. The summed E-state index contributed by atoms with van der Waals surface area (Å²) in [7, 11) is 1.70. The van der Waals surface area contributed by atoms with E-state index in [9.17, 15) is 18.0 Å². The van der Waals surface area contributed by atoms with Gasteiger partial charge in [0.2, 0.25) is 0 Å². The number of benzene rings is 1. The van der Waals surface area contributed by atoms with E-state index in [0.29, 0.717) is 18.5 Å². The van der Waals surface area contributed by atoms with Gasteiger partial charge >= 0.3 is 12.3 Å². The Labute approximate surface area is 159 Å². The lowest BCUT2D eigenvalue weighted by Gasteiger charge is -2.42. The molecule has 0 saturated carbocycles. The summed E-state index contributed by atoms with van der Waals surface area (Å²) in [4.78, 5) is 15.4. The zero-order valence-corrected chi connectivity index (χ0v) is 16.7. The van der Waals surface area contributed by atoms with Crippen molar-refractivity contribution < 1.29 is 22.7 Å². The average molecular weight is 435 g/mol. The minimum atomic E-state index is -4.42. The Kier molecular flexibility index (Phi) is 4.70. The highest BCUT2D eigenvalue weighted by molar-refractivity contribution is 9.09. The molecule has 2 aliphatic rings. The first-order chi connectivity index (χ1) is 11.9. The van der Waals surface area contributed by atoms with Crippen molar-refractivity contribution in [2.24, 2.45) is 0 Å². The molecular weight excluding hydrogens is 413 g/mol. The van der Waals surface area contributed by atoms with Gasteiger partial charge < -0.3 is 9.64 Å². The maximum Gasteiger partial charge on any atom is 0.418 e. The van der Waals surface area contributed by atoms with Gasteiger partial charge in [-0.2, -0.15) is 13.2 Å². The molecule has 0 radical (unpaired) electrons. The summed E-state index contributed by atoms with van der Waals surface area (Å²) < 4.78 is 45.8. The molecule has 4 nitrogen and oxygen atoms in total. The number of nitrogens with zero attached hydrogens (tertiary/aromatic N) is 2. The van der Waals surface area contributed by atoms with Gasteiger partial charge in [-0.3, -0.25) is 4.90 Å². The highest BCUT2D eigenvalue weighted by atomic mass is 79.9. The number of carbonyl (C=O) groups is 1. The number of hydrogen-bond donors (Lipinski definition) is 0. The van der Waals surface area contributed by atoms with E-state index in [1.54, 1.807) is 43.7 Å². The van der Waals surface area contributed by atoms with E-state index in [1.165, 1.54) is 6.07 Å². The van der Waals surface area contributed by atoms with E-state index in [4.69, 9.17) is 4.74 Å². The first-order valence-corrected chi connectivity index (χ1v) is 9.40. The summed E-state index contributed by atoms with van der Waals surface area (Å²) in [6, 6.07) is 4.17. The molecule has 0 aromatic heterocycles. The number of anilines is 1. The predicted octanol–water partition coefficient (Wildman–Crippen LogP) is 4.97. The lowest BCUT2D eigenvalue weighted by Crippen LogP contribution is -2.52. The van der Waals surface area contributed by atoms with Crippen molar-refractivity contribution in [1.82, 2.24) is 4.90 Å². The van der Waals surface area contributed by atoms with Crippen LogP contribution in [0, 0.1) is 0 Å². The van der Waals surface area contributed by atoms with Gasteiger partial charge in [0.05, 0.1) is 16.2 Å². The van der Waals surface area contributed by atoms with E-state index in [0.717, 1.165) is 6.07 Å². The largest absolute Gasteiger partial charge is 0.444 e. The minimum Gasteiger partial charge on any atom is -0.444 e. The van der Waals surface area contributed by atoms with E-state index >= 15 is 0 Å². The molecule has 0 N–H and O–H groups in total. The van der Waals surface area contributed by atoms with Crippen LogP contribution in [0.25, 0.3) is 0 Å². The summed E-state index contributed by atoms with van der Waals surface area (Å²) in [5, 5.41) is 0. The third-order valence-corrected chi connectivity index (χ3v) is 5.95. The fourth-order valence-electron chi connectivity index (χ4n) is 3.87. The van der Waals surface area contributed by atoms with Crippen LogP contribution in [-0.4, -0.2) is 41.2 Å². The van der Waals surface area contributed by atoms with Crippen LogP contribution in [0.4, 0.5) is 23.7 Å². The van der Waals surface area contributed by atoms with E-state index in [2.05, 4.69) is 15.9 Å². The number of ether oxygens (including phenoxy) is 1. The van der Waals surface area contributed by atoms with Crippen LogP contribution < -0.4 is 4.90 Å². The summed E-state index contributed by atoms with van der Waals surface area (Å²) in [6.07, 6.45) is -4.30. The van der Waals surface area contributed by atoms with Crippen molar-refractivity contribution in [3.63, 3.8) is 0 Å². The van der Waals surface area contributed by atoms with Gasteiger partial charge in [0.25, 0.3) is 0 Å². The van der Waals surface area contributed by atoms with E-state index < -0.39 is 28.4 Å². The van der Waals surface area contributed by atoms with Crippen molar-refractivity contribution in [2.75, 3.05) is 18.5 Å². The number of likely N-dealkylation sites (tertiary alicyclic amines) is 1. The third kappa shape index (κ3) is 3.28. The van der Waals surface area contributed by atoms with E-state index in [-0.39, 0.29) is 17.6 Å². The summed E-state index contributed by atoms with van der Waals surface area (Å²) in [5.74, 6) is -0.251. The second-order valence-electron chi connectivity index (χ2n) is 7.78. The van der Waals surface area contributed by atoms with Gasteiger partial charge in [-0.05, 0) is 38.8 Å². The molecule has 1 fully saturated rings. The van der Waals surface area contributed by atoms with Crippen molar-refractivity contribution in [3.8, 4) is 0 Å². The van der Waals surface area contributed by atoms with Gasteiger partial charge in [0, 0.05) is 25.6 Å². The number of halogens is 4. The molecule has 0 aliphatic carbocycles. The standard InChI is InChI=1S/C18H22BrF3N2O2/c1-17(2,3)26-16(25)24-9-8-12-13(15(24)19)10-6-5-7-11(18(20,21)22)14(10)23(12)4/h5-7,12-13,15H,8-9H2,1-4H3/t12-,13+,15?/m0/s1. The second kappa shape index (κ2) is 6.32. The zero-order chi connectivity index (χ0) is 19.4. The first-order valence-electron chi connectivity index (χ1n) is 8.48. The zero-order valence-electron chi connectivity index (χ0n) is 15.1. The number of rotatable bonds is 0. The highest BCUT2D eigenvalue weighted by Crippen LogP contribution is 2.52. The van der Waals surface area contributed by atoms with Crippen molar-refractivity contribution in [2.45, 2.75) is 55.9 Å². The van der Waals surface area contributed by atoms with Crippen LogP contribution >= 0.6 is 15.9 Å². The number of amides is 1. The van der Waals surface area contributed by atoms with Crippen LogP contribution in [0.5, 0.6) is 0 Å². The number of fused-ring (bicyclic) bond motifs is 3. The number of carbonyl (C=O) groups excluding carboxylic acids is 1. The fourth-order valence-corrected chi connectivity index (χ4v) is 4.88. The third-order valence-electron chi connectivity index (χ3n) is 4.88. The smallest absolute Gasteiger partial charge is 0.418 e. The number of hydrogen-bond acceptors (Lipinski definition) is 3. The Morgan fingerprint density at radius 2 is 1.92 bits per heavy atom. The normalized spacial score (nSPS) is 25.8. The molecule has 1 aromatic rings. The summed E-state index contributed by atoms with van der Waals surface area (Å²) in [6.45, 7) is 5.78. The monoisotopic (exact) mass is 434 g/mol. The number of likely N-dealkylation sites (N-methyl/N-ethyl adjacent to an activating group) is 1. The molecule has 0 bridgehead atoms. The fraction of sp³-hybridized carbons (Fsp3) is 0.611. The summed E-state index contributed by atoms with van der Waals surface area (Å²) in [5.41, 5.74) is -0.433. The minimum absolute atomic E-state index is 0.100. The van der Waals surface area contributed by atoms with Crippen LogP contribution in [0.15, 0.2) is 18.2 Å². The highest BCUT2D eigenvalue weighted by Gasteiger charge is 2.50. The maximum atomic E-state index is 13.5. The van der Waals surface area contributed by atoms with Gasteiger partial charge in [-0.25, -0.2) is 4.79 Å². The van der Waals surface area contributed by atoms with Gasteiger partial charge in [-0.1, -0.05) is 28.1 Å². The molecule has 3 atom stereocenters. The first kappa shape index (κ1) is 19.3. The Morgan fingerprint density at radius 3 is 2.50 bits per heavy atom. The molecule has 1 saturated heterocycles. The molecule has 1 unspecified atom stereocenters. The van der Waals surface area contributed by atoms with Crippen molar-refractivity contribution >= 4 is 27.7 Å². The van der Waals surface area contributed by atoms with Crippen molar-refractivity contribution in [3.05, 3.63) is 29.3 Å². The Balaban J connectivity index is 1.96. The van der Waals surface area contributed by atoms with Crippen LogP contribution in [0.2, 0.25) is 0 Å². The number of piperidine rings is 1. The molecule has 1 aromatic carbocycles. The maximum absolute atomic E-state index is 13.5. The topological polar surface area (TPSA) is 32.8 Å². The molecule has 3 rings (SSSR count). The molecule has 8 heteroatoms. The molecule has 1 amide bonds. The van der Waals surface area contributed by atoms with Gasteiger partial charge in [-0.15, -0.1) is 0 Å². The molecule has 2 heterocycles. The van der Waals surface area contributed by atoms with Crippen molar-refractivity contribution in [1.29, 1.82) is 0 Å². The average Bonchev–Trinajstić information content (AvgIpc) is 2.79. The molecule has 144 valence electrons. The van der Waals surface area contributed by atoms with Crippen LogP contribution in [-0.2, 0) is 10.9 Å². The predicted molar refractivity (Wildman–Crippen MR) is 96.6 cm³/mol. The Hall–Kier alpha value is -1.44. The quantitative estimate of drug-likeness (QED) is 0.426. The molecular formula is C18H22BrF3N2O2. The Morgan fingerprint density at radius 1 is 1.27 bits per heavy atom. The molecule has 2 aliphatic heterocycles. The number of para-hydroxylation sites is 1. The SMILES string of the molecule is CN1c2c(cccc2C(F)(F)F)[C@H]2C(Br)N(C(=O)OC(C)(C)C)CC[C@@H]21. The van der Waals surface area contributed by atoms with E-state index in [1.807, 2.05) is 0 Å².